The van der Waals surface area contributed by atoms with Crippen LogP contribution < -0.4 is 4.90 Å². The summed E-state index contributed by atoms with van der Waals surface area (Å²) in [5.74, 6) is 0. The van der Waals surface area contributed by atoms with Crippen LogP contribution in [0.2, 0.25) is 0 Å². The van der Waals surface area contributed by atoms with Crippen molar-refractivity contribution in [2.24, 2.45) is 7.05 Å². The average molecular weight is 609 g/mol. The van der Waals surface area contributed by atoms with Crippen LogP contribution in [-0.2, 0) is 12.5 Å². The van der Waals surface area contributed by atoms with Crippen LogP contribution in [0.4, 0.5) is 11.4 Å². The smallest absolute Gasteiger partial charge is 0.0543 e. The molecule has 0 aliphatic heterocycles. The molecule has 0 fully saturated rings. The van der Waals surface area contributed by atoms with Crippen LogP contribution >= 0.6 is 0 Å². The van der Waals surface area contributed by atoms with Crippen molar-refractivity contribution in [3.8, 4) is 22.3 Å². The number of anilines is 2. The summed E-state index contributed by atoms with van der Waals surface area (Å²) in [5.41, 5.74) is 16.0. The zero-order valence-corrected chi connectivity index (χ0v) is 27.8. The highest BCUT2D eigenvalue weighted by atomic mass is 15.2. The molecule has 0 N–H and O–H groups in total. The molecular formula is C45H40N2. The molecule has 1 aromatic heterocycles. The van der Waals surface area contributed by atoms with Crippen LogP contribution in [0.5, 0.6) is 0 Å². The van der Waals surface area contributed by atoms with Crippen molar-refractivity contribution < 1.29 is 0 Å². The standard InChI is InChI=1S/C45H40N2/c1-9-15-32(10-2)47(33-23-25-37-36-16-13-14-17-41(36)46(8)42(37)27-33)43-28-40-44(35(12-4)34(43)11-3)38-24-22-31(26-39(38)45(40,6)7)30-20-18-29(5)19-21-30/h9-28H,1-4H2,5-8H3/b32-15+. The largest absolute Gasteiger partial charge is 0.344 e. The van der Waals surface area contributed by atoms with Gasteiger partial charge in [-0.2, -0.15) is 0 Å². The molecule has 230 valence electrons. The minimum absolute atomic E-state index is 0.250. The number of aromatic nitrogens is 1. The highest BCUT2D eigenvalue weighted by Crippen LogP contribution is 2.54. The molecule has 0 amide bonds. The van der Waals surface area contributed by atoms with Gasteiger partial charge in [-0.3, -0.25) is 0 Å². The first kappa shape index (κ1) is 30.1. The van der Waals surface area contributed by atoms with Crippen LogP contribution in [0.3, 0.4) is 0 Å². The zero-order valence-electron chi connectivity index (χ0n) is 27.8. The van der Waals surface area contributed by atoms with E-state index in [0.29, 0.717) is 0 Å². The second kappa shape index (κ2) is 11.3. The van der Waals surface area contributed by atoms with Crippen molar-refractivity contribution in [2.45, 2.75) is 26.2 Å². The molecule has 2 heteroatoms. The van der Waals surface area contributed by atoms with Crippen molar-refractivity contribution in [3.05, 3.63) is 169 Å². The highest BCUT2D eigenvalue weighted by molar-refractivity contribution is 6.09. The minimum Gasteiger partial charge on any atom is -0.344 e. The van der Waals surface area contributed by atoms with E-state index in [2.05, 4.69) is 155 Å². The summed E-state index contributed by atoms with van der Waals surface area (Å²) in [4.78, 5) is 2.28. The molecule has 0 spiro atoms. The van der Waals surface area contributed by atoms with Gasteiger partial charge in [0.15, 0.2) is 0 Å². The first-order valence-electron chi connectivity index (χ1n) is 16.1. The number of nitrogens with zero attached hydrogens (tertiary/aromatic N) is 2. The van der Waals surface area contributed by atoms with Crippen LogP contribution in [-0.4, -0.2) is 4.57 Å². The maximum Gasteiger partial charge on any atom is 0.0543 e. The van der Waals surface area contributed by atoms with E-state index in [4.69, 9.17) is 0 Å². The van der Waals surface area contributed by atoms with E-state index in [0.717, 1.165) is 33.7 Å². The normalized spacial score (nSPS) is 13.3. The van der Waals surface area contributed by atoms with Gasteiger partial charge in [0.1, 0.15) is 0 Å². The summed E-state index contributed by atoms with van der Waals surface area (Å²) in [6.07, 6.45) is 9.69. The van der Waals surface area contributed by atoms with E-state index in [1.807, 2.05) is 30.4 Å². The fraction of sp³-hybridized carbons (Fsp3) is 0.111. The van der Waals surface area contributed by atoms with Crippen molar-refractivity contribution in [1.29, 1.82) is 0 Å². The second-order valence-electron chi connectivity index (χ2n) is 12.9. The van der Waals surface area contributed by atoms with Gasteiger partial charge < -0.3 is 9.47 Å². The van der Waals surface area contributed by atoms with Gasteiger partial charge in [0.2, 0.25) is 0 Å². The molecule has 0 bridgehead atoms. The summed E-state index contributed by atoms with van der Waals surface area (Å²) in [6.45, 7) is 23.7. The Morgan fingerprint density at radius 2 is 1.43 bits per heavy atom. The molecular weight excluding hydrogens is 569 g/mol. The molecule has 6 aromatic rings. The van der Waals surface area contributed by atoms with Crippen LogP contribution in [0.1, 0.15) is 41.7 Å². The zero-order chi connectivity index (χ0) is 33.0. The lowest BCUT2D eigenvalue weighted by molar-refractivity contribution is 0.660. The van der Waals surface area contributed by atoms with Crippen molar-refractivity contribution >= 4 is 45.3 Å². The lowest BCUT2D eigenvalue weighted by Gasteiger charge is -2.31. The molecule has 1 heterocycles. The van der Waals surface area contributed by atoms with Crippen LogP contribution in [0.15, 0.2) is 141 Å². The van der Waals surface area contributed by atoms with Crippen LogP contribution in [0.25, 0.3) is 56.2 Å². The number of hydrogen-bond acceptors (Lipinski definition) is 1. The Hall–Kier alpha value is -5.60. The fourth-order valence-corrected chi connectivity index (χ4v) is 7.52. The van der Waals surface area contributed by atoms with Gasteiger partial charge in [0, 0.05) is 45.7 Å². The first-order chi connectivity index (χ1) is 22.7. The number of rotatable bonds is 8. The van der Waals surface area contributed by atoms with E-state index in [-0.39, 0.29) is 5.41 Å². The van der Waals surface area contributed by atoms with E-state index in [1.165, 1.54) is 55.2 Å². The third kappa shape index (κ3) is 4.55. The van der Waals surface area contributed by atoms with Crippen molar-refractivity contribution in [2.75, 3.05) is 4.90 Å². The Labute approximate surface area is 278 Å². The SMILES string of the molecule is C=C/C=C(\C=C)N(c1ccc2c3ccccc3n(C)c2c1)c1cc2c(c(C=C)c1C=C)-c1ccc(-c3ccc(C)cc3)cc1C2(C)C. The molecule has 0 atom stereocenters. The van der Waals surface area contributed by atoms with Gasteiger partial charge in [-0.15, -0.1) is 0 Å². The highest BCUT2D eigenvalue weighted by Gasteiger charge is 2.39. The number of aryl methyl sites for hydroxylation is 2. The number of hydrogen-bond donors (Lipinski definition) is 0. The monoisotopic (exact) mass is 608 g/mol. The molecule has 0 saturated heterocycles. The van der Waals surface area contributed by atoms with Crippen molar-refractivity contribution in [3.63, 3.8) is 0 Å². The van der Waals surface area contributed by atoms with E-state index in [1.54, 1.807) is 0 Å². The molecule has 7 rings (SSSR count). The Morgan fingerprint density at radius 3 is 2.13 bits per heavy atom. The molecule has 1 aliphatic rings. The summed E-state index contributed by atoms with van der Waals surface area (Å²) >= 11 is 0. The Bertz CT molecular complexity index is 2300. The summed E-state index contributed by atoms with van der Waals surface area (Å²) in [7, 11) is 2.14. The van der Waals surface area contributed by atoms with Gasteiger partial charge in [0.25, 0.3) is 0 Å². The molecule has 0 unspecified atom stereocenters. The number of para-hydroxylation sites is 1. The van der Waals surface area contributed by atoms with Gasteiger partial charge in [0.05, 0.1) is 11.2 Å². The maximum atomic E-state index is 4.34. The quantitative estimate of drug-likeness (QED) is 0.156. The predicted molar refractivity (Wildman–Crippen MR) is 205 cm³/mol. The van der Waals surface area contributed by atoms with E-state index in [9.17, 15) is 0 Å². The molecule has 0 radical (unpaired) electrons. The Balaban J connectivity index is 1.48. The van der Waals surface area contributed by atoms with Crippen LogP contribution in [0, 0.1) is 6.92 Å². The molecule has 2 nitrogen and oxygen atoms in total. The molecule has 5 aromatic carbocycles. The molecule has 1 aliphatic carbocycles. The minimum atomic E-state index is -0.250. The Kier molecular flexibility index (Phi) is 7.25. The van der Waals surface area contributed by atoms with Gasteiger partial charge in [-0.05, 0) is 88.4 Å². The number of benzene rings is 5. The van der Waals surface area contributed by atoms with Crippen molar-refractivity contribution in [1.82, 2.24) is 4.57 Å². The molecule has 0 saturated carbocycles. The second-order valence-corrected chi connectivity index (χ2v) is 12.9. The summed E-state index contributed by atoms with van der Waals surface area (Å²) < 4.78 is 2.27. The number of fused-ring (bicyclic) bond motifs is 6. The van der Waals surface area contributed by atoms with Gasteiger partial charge >= 0.3 is 0 Å². The number of allylic oxidation sites excluding steroid dienone is 3. The third-order valence-corrected chi connectivity index (χ3v) is 9.97. The van der Waals surface area contributed by atoms with Gasteiger partial charge in [-0.25, -0.2) is 0 Å². The Morgan fingerprint density at radius 1 is 0.723 bits per heavy atom. The van der Waals surface area contributed by atoms with E-state index < -0.39 is 0 Å². The third-order valence-electron chi connectivity index (χ3n) is 9.97. The summed E-state index contributed by atoms with van der Waals surface area (Å²) in [5, 5.41) is 2.47. The first-order valence-corrected chi connectivity index (χ1v) is 16.1. The van der Waals surface area contributed by atoms with E-state index >= 15 is 0 Å². The summed E-state index contributed by atoms with van der Waals surface area (Å²) in [6, 6.07) is 33.3. The maximum absolute atomic E-state index is 4.34. The average Bonchev–Trinajstić information content (AvgIpc) is 3.50. The fourth-order valence-electron chi connectivity index (χ4n) is 7.52. The lowest BCUT2D eigenvalue weighted by atomic mass is 9.80. The predicted octanol–water partition coefficient (Wildman–Crippen LogP) is 12.3. The van der Waals surface area contributed by atoms with Gasteiger partial charge in [-0.1, -0.05) is 125 Å². The lowest BCUT2D eigenvalue weighted by Crippen LogP contribution is -2.20. The molecule has 47 heavy (non-hydrogen) atoms. The topological polar surface area (TPSA) is 8.17 Å².